The third-order valence-corrected chi connectivity index (χ3v) is 2.84. The average molecular weight is 279 g/mol. The second-order valence-electron chi connectivity index (χ2n) is 5.78. The standard InChI is InChI=1S/C17H29NO2/c1-6-18-17(12-19-11-13(2)3)15-7-9-16(10-8-15)20-14(4)5/h7-10,13-14,17-18H,6,11-12H2,1-5H3. The van der Waals surface area contributed by atoms with E-state index in [2.05, 4.69) is 38.2 Å². The average Bonchev–Trinajstić information content (AvgIpc) is 2.37. The first-order valence-electron chi connectivity index (χ1n) is 7.60. The highest BCUT2D eigenvalue weighted by molar-refractivity contribution is 5.29. The number of nitrogens with one attached hydrogen (secondary N) is 1. The smallest absolute Gasteiger partial charge is 0.119 e. The summed E-state index contributed by atoms with van der Waals surface area (Å²) in [5.41, 5.74) is 1.24. The fourth-order valence-electron chi connectivity index (χ4n) is 1.99. The van der Waals surface area contributed by atoms with Crippen LogP contribution in [0.2, 0.25) is 0 Å². The van der Waals surface area contributed by atoms with E-state index >= 15 is 0 Å². The summed E-state index contributed by atoms with van der Waals surface area (Å²) in [7, 11) is 0. The van der Waals surface area contributed by atoms with Gasteiger partial charge < -0.3 is 14.8 Å². The molecule has 114 valence electrons. The topological polar surface area (TPSA) is 30.5 Å². The Hall–Kier alpha value is -1.06. The lowest BCUT2D eigenvalue weighted by Gasteiger charge is -2.20. The van der Waals surface area contributed by atoms with Crippen LogP contribution in [-0.4, -0.2) is 25.9 Å². The minimum Gasteiger partial charge on any atom is -0.491 e. The lowest BCUT2D eigenvalue weighted by atomic mass is 10.1. The van der Waals surface area contributed by atoms with Gasteiger partial charge in [0.2, 0.25) is 0 Å². The van der Waals surface area contributed by atoms with Crippen LogP contribution in [0.1, 0.15) is 46.2 Å². The van der Waals surface area contributed by atoms with E-state index in [1.165, 1.54) is 5.56 Å². The number of likely N-dealkylation sites (N-methyl/N-ethyl adjacent to an activating group) is 1. The van der Waals surface area contributed by atoms with E-state index in [0.717, 1.165) is 18.9 Å². The maximum Gasteiger partial charge on any atom is 0.119 e. The summed E-state index contributed by atoms with van der Waals surface area (Å²) < 4.78 is 11.4. The van der Waals surface area contributed by atoms with E-state index in [1.54, 1.807) is 0 Å². The Labute approximate surface area is 123 Å². The van der Waals surface area contributed by atoms with E-state index in [9.17, 15) is 0 Å². The van der Waals surface area contributed by atoms with Gasteiger partial charge in [-0.1, -0.05) is 32.9 Å². The van der Waals surface area contributed by atoms with Gasteiger partial charge >= 0.3 is 0 Å². The maximum absolute atomic E-state index is 5.77. The molecule has 20 heavy (non-hydrogen) atoms. The zero-order valence-corrected chi connectivity index (χ0v) is 13.5. The summed E-state index contributed by atoms with van der Waals surface area (Å²) >= 11 is 0. The number of benzene rings is 1. The summed E-state index contributed by atoms with van der Waals surface area (Å²) in [5.74, 6) is 1.49. The summed E-state index contributed by atoms with van der Waals surface area (Å²) in [4.78, 5) is 0. The van der Waals surface area contributed by atoms with Crippen LogP contribution in [0.5, 0.6) is 5.75 Å². The van der Waals surface area contributed by atoms with E-state index in [4.69, 9.17) is 9.47 Å². The van der Waals surface area contributed by atoms with Crippen molar-refractivity contribution in [3.05, 3.63) is 29.8 Å². The first kappa shape index (κ1) is 17.0. The minimum atomic E-state index is 0.208. The Morgan fingerprint density at radius 1 is 1.00 bits per heavy atom. The molecule has 0 radical (unpaired) electrons. The van der Waals surface area contributed by atoms with Gasteiger partial charge in [0.25, 0.3) is 0 Å². The van der Waals surface area contributed by atoms with Crippen LogP contribution in [0, 0.1) is 5.92 Å². The predicted molar refractivity (Wildman–Crippen MR) is 84.3 cm³/mol. The zero-order valence-electron chi connectivity index (χ0n) is 13.5. The van der Waals surface area contributed by atoms with Crippen molar-refractivity contribution in [3.63, 3.8) is 0 Å². The van der Waals surface area contributed by atoms with Crippen LogP contribution in [0.25, 0.3) is 0 Å². The summed E-state index contributed by atoms with van der Waals surface area (Å²) in [5, 5.41) is 3.47. The SMILES string of the molecule is CCNC(COCC(C)C)c1ccc(OC(C)C)cc1. The lowest BCUT2D eigenvalue weighted by molar-refractivity contribution is 0.0905. The molecule has 0 saturated heterocycles. The molecule has 1 atom stereocenters. The monoisotopic (exact) mass is 279 g/mol. The zero-order chi connectivity index (χ0) is 15.0. The van der Waals surface area contributed by atoms with Gasteiger partial charge in [-0.05, 0) is 44.0 Å². The number of ether oxygens (including phenoxy) is 2. The van der Waals surface area contributed by atoms with Gasteiger partial charge in [-0.25, -0.2) is 0 Å². The second-order valence-corrected chi connectivity index (χ2v) is 5.78. The summed E-state index contributed by atoms with van der Waals surface area (Å²) in [6, 6.07) is 8.53. The van der Waals surface area contributed by atoms with Crippen molar-refractivity contribution in [2.24, 2.45) is 5.92 Å². The molecule has 1 aromatic carbocycles. The first-order valence-corrected chi connectivity index (χ1v) is 7.60. The van der Waals surface area contributed by atoms with Crippen LogP contribution in [0.3, 0.4) is 0 Å². The van der Waals surface area contributed by atoms with Gasteiger partial charge in [0.15, 0.2) is 0 Å². The third kappa shape index (κ3) is 6.40. The highest BCUT2D eigenvalue weighted by Gasteiger charge is 2.11. The number of hydrogen-bond donors (Lipinski definition) is 1. The normalized spacial score (nSPS) is 12.9. The quantitative estimate of drug-likeness (QED) is 0.746. The van der Waals surface area contributed by atoms with Gasteiger partial charge in [0.1, 0.15) is 5.75 Å². The van der Waals surface area contributed by atoms with Crippen molar-refractivity contribution in [1.82, 2.24) is 5.32 Å². The van der Waals surface area contributed by atoms with E-state index in [1.807, 2.05) is 26.0 Å². The molecule has 3 heteroatoms. The maximum atomic E-state index is 5.77. The van der Waals surface area contributed by atoms with Crippen LogP contribution in [-0.2, 0) is 4.74 Å². The largest absolute Gasteiger partial charge is 0.491 e. The molecule has 0 aromatic heterocycles. The molecule has 0 heterocycles. The first-order chi connectivity index (χ1) is 9.52. The number of rotatable bonds is 9. The fourth-order valence-corrected chi connectivity index (χ4v) is 1.99. The van der Waals surface area contributed by atoms with Crippen molar-refractivity contribution < 1.29 is 9.47 Å². The molecule has 0 bridgehead atoms. The molecular weight excluding hydrogens is 250 g/mol. The van der Waals surface area contributed by atoms with E-state index in [0.29, 0.717) is 12.5 Å². The molecule has 0 amide bonds. The third-order valence-electron chi connectivity index (χ3n) is 2.84. The Kier molecular flexibility index (Phi) is 7.63. The van der Waals surface area contributed by atoms with Crippen LogP contribution in [0.15, 0.2) is 24.3 Å². The molecule has 0 saturated carbocycles. The van der Waals surface area contributed by atoms with Gasteiger partial charge in [0, 0.05) is 6.61 Å². The Morgan fingerprint density at radius 3 is 2.15 bits per heavy atom. The highest BCUT2D eigenvalue weighted by Crippen LogP contribution is 2.19. The molecule has 0 fully saturated rings. The fraction of sp³-hybridized carbons (Fsp3) is 0.647. The van der Waals surface area contributed by atoms with Crippen molar-refractivity contribution in [1.29, 1.82) is 0 Å². The molecule has 1 N–H and O–H groups in total. The second kappa shape index (κ2) is 8.98. The minimum absolute atomic E-state index is 0.208. The Bertz CT molecular complexity index is 360. The molecular formula is C17H29NO2. The molecule has 3 nitrogen and oxygen atoms in total. The summed E-state index contributed by atoms with van der Waals surface area (Å²) in [6.45, 7) is 13.0. The summed E-state index contributed by atoms with van der Waals surface area (Å²) in [6.07, 6.45) is 0.208. The lowest BCUT2D eigenvalue weighted by Crippen LogP contribution is -2.26. The van der Waals surface area contributed by atoms with Crippen molar-refractivity contribution >= 4 is 0 Å². The Balaban J connectivity index is 2.61. The van der Waals surface area contributed by atoms with E-state index in [-0.39, 0.29) is 12.1 Å². The molecule has 1 unspecified atom stereocenters. The van der Waals surface area contributed by atoms with E-state index < -0.39 is 0 Å². The predicted octanol–water partition coefficient (Wildman–Crippen LogP) is 3.80. The van der Waals surface area contributed by atoms with Gasteiger partial charge in [-0.2, -0.15) is 0 Å². The molecule has 0 aliphatic rings. The van der Waals surface area contributed by atoms with Gasteiger partial charge in [-0.15, -0.1) is 0 Å². The van der Waals surface area contributed by atoms with Gasteiger partial charge in [-0.3, -0.25) is 0 Å². The Morgan fingerprint density at radius 2 is 1.65 bits per heavy atom. The number of hydrogen-bond acceptors (Lipinski definition) is 3. The molecule has 0 spiro atoms. The highest BCUT2D eigenvalue weighted by atomic mass is 16.5. The van der Waals surface area contributed by atoms with Gasteiger partial charge in [0.05, 0.1) is 18.8 Å². The molecule has 1 aromatic rings. The molecule has 0 aliphatic heterocycles. The van der Waals surface area contributed by atoms with Crippen LogP contribution < -0.4 is 10.1 Å². The van der Waals surface area contributed by atoms with Crippen LogP contribution >= 0.6 is 0 Å². The van der Waals surface area contributed by atoms with Crippen molar-refractivity contribution in [2.75, 3.05) is 19.8 Å². The van der Waals surface area contributed by atoms with Crippen LogP contribution in [0.4, 0.5) is 0 Å². The van der Waals surface area contributed by atoms with Crippen molar-refractivity contribution in [2.45, 2.75) is 46.8 Å². The molecule has 0 aliphatic carbocycles. The molecule has 1 rings (SSSR count). The van der Waals surface area contributed by atoms with Crippen molar-refractivity contribution in [3.8, 4) is 5.75 Å².